The smallest absolute Gasteiger partial charge is 0.173 e. The molecule has 2 aromatic rings. The Labute approximate surface area is 122 Å². The number of aromatic nitrogens is 1. The van der Waals surface area contributed by atoms with Gasteiger partial charge in [0.1, 0.15) is 5.03 Å². The van der Waals surface area contributed by atoms with Crippen molar-refractivity contribution in [1.82, 2.24) is 4.98 Å². The van der Waals surface area contributed by atoms with Gasteiger partial charge in [-0.2, -0.15) is 0 Å². The minimum atomic E-state index is 0.102. The van der Waals surface area contributed by atoms with Crippen molar-refractivity contribution >= 4 is 17.6 Å². The van der Waals surface area contributed by atoms with Crippen LogP contribution in [-0.4, -0.2) is 16.0 Å². The number of hydrogen-bond donors (Lipinski definition) is 2. The van der Waals surface area contributed by atoms with E-state index >= 15 is 0 Å². The maximum Gasteiger partial charge on any atom is 0.173 e. The summed E-state index contributed by atoms with van der Waals surface area (Å²) < 4.78 is 0. The second-order valence-corrected chi connectivity index (χ2v) is 5.48. The maximum absolute atomic E-state index is 8.92. The van der Waals surface area contributed by atoms with Crippen molar-refractivity contribution in [3.63, 3.8) is 0 Å². The number of oxime groups is 1. The van der Waals surface area contributed by atoms with Gasteiger partial charge in [-0.05, 0) is 31.0 Å². The summed E-state index contributed by atoms with van der Waals surface area (Å²) in [6.07, 6.45) is 0. The van der Waals surface area contributed by atoms with Crippen LogP contribution < -0.4 is 5.73 Å². The fourth-order valence-electron chi connectivity index (χ4n) is 1.99. The van der Waals surface area contributed by atoms with Gasteiger partial charge in [0, 0.05) is 11.4 Å². The van der Waals surface area contributed by atoms with Crippen LogP contribution in [-0.2, 0) is 5.75 Å². The molecule has 2 rings (SSSR count). The van der Waals surface area contributed by atoms with Crippen LogP contribution in [0.5, 0.6) is 0 Å². The Hall–Kier alpha value is -2.01. The minimum absolute atomic E-state index is 0.102. The van der Waals surface area contributed by atoms with Crippen molar-refractivity contribution in [2.24, 2.45) is 10.9 Å². The standard InChI is InChI=1S/C15H17N3OS/c1-10-8-11(2)17-15(13(10)14(16)18-19)20-9-12-6-4-3-5-7-12/h3-8,19H,9H2,1-2H3,(H2,16,18). The highest BCUT2D eigenvalue weighted by Gasteiger charge is 2.13. The molecule has 4 nitrogen and oxygen atoms in total. The monoisotopic (exact) mass is 287 g/mol. The van der Waals surface area contributed by atoms with Gasteiger partial charge >= 0.3 is 0 Å². The predicted octanol–water partition coefficient (Wildman–Crippen LogP) is 3.09. The number of amidine groups is 1. The number of benzene rings is 1. The Bertz CT molecular complexity index is 627. The van der Waals surface area contributed by atoms with E-state index in [9.17, 15) is 0 Å². The highest BCUT2D eigenvalue weighted by molar-refractivity contribution is 7.98. The van der Waals surface area contributed by atoms with Crippen molar-refractivity contribution in [3.05, 3.63) is 58.8 Å². The van der Waals surface area contributed by atoms with Crippen LogP contribution in [0.25, 0.3) is 0 Å². The largest absolute Gasteiger partial charge is 0.409 e. The summed E-state index contributed by atoms with van der Waals surface area (Å²) in [4.78, 5) is 4.51. The maximum atomic E-state index is 8.92. The molecule has 104 valence electrons. The highest BCUT2D eigenvalue weighted by Crippen LogP contribution is 2.27. The molecule has 3 N–H and O–H groups in total. The van der Waals surface area contributed by atoms with Gasteiger partial charge in [0.05, 0.1) is 5.56 Å². The van der Waals surface area contributed by atoms with Gasteiger partial charge in [0.15, 0.2) is 5.84 Å². The fraction of sp³-hybridized carbons (Fsp3) is 0.200. The first-order chi connectivity index (χ1) is 9.61. The number of hydrogen-bond acceptors (Lipinski definition) is 4. The Kier molecular flexibility index (Phi) is 4.63. The predicted molar refractivity (Wildman–Crippen MR) is 82.2 cm³/mol. The zero-order valence-electron chi connectivity index (χ0n) is 11.5. The van der Waals surface area contributed by atoms with Gasteiger partial charge in [-0.3, -0.25) is 0 Å². The Morgan fingerprint density at radius 1 is 1.30 bits per heavy atom. The fourth-order valence-corrected chi connectivity index (χ4v) is 3.11. The number of aryl methyl sites for hydroxylation is 2. The lowest BCUT2D eigenvalue weighted by Gasteiger charge is -2.11. The molecule has 0 aliphatic heterocycles. The quantitative estimate of drug-likeness (QED) is 0.298. The van der Waals surface area contributed by atoms with Crippen LogP contribution >= 0.6 is 11.8 Å². The van der Waals surface area contributed by atoms with Crippen molar-refractivity contribution in [1.29, 1.82) is 0 Å². The Balaban J connectivity index is 2.31. The van der Waals surface area contributed by atoms with Gasteiger partial charge < -0.3 is 10.9 Å². The molecule has 0 aliphatic rings. The summed E-state index contributed by atoms with van der Waals surface area (Å²) in [5.41, 5.74) is 9.57. The number of pyridine rings is 1. The molecule has 0 amide bonds. The summed E-state index contributed by atoms with van der Waals surface area (Å²) >= 11 is 1.59. The number of nitrogens with two attached hydrogens (primary N) is 1. The number of nitrogens with zero attached hydrogens (tertiary/aromatic N) is 2. The first kappa shape index (κ1) is 14.4. The summed E-state index contributed by atoms with van der Waals surface area (Å²) in [5, 5.41) is 12.8. The third kappa shape index (κ3) is 3.30. The minimum Gasteiger partial charge on any atom is -0.409 e. The summed E-state index contributed by atoms with van der Waals surface area (Å²) in [6, 6.07) is 12.1. The van der Waals surface area contributed by atoms with Crippen LogP contribution in [0.15, 0.2) is 46.6 Å². The van der Waals surface area contributed by atoms with Crippen LogP contribution in [0.2, 0.25) is 0 Å². The molecule has 0 aliphatic carbocycles. The first-order valence-corrected chi connectivity index (χ1v) is 7.23. The van der Waals surface area contributed by atoms with E-state index in [1.807, 2.05) is 38.1 Å². The normalized spacial score (nSPS) is 11.6. The molecule has 5 heteroatoms. The summed E-state index contributed by atoms with van der Waals surface area (Å²) in [6.45, 7) is 3.88. The molecule has 20 heavy (non-hydrogen) atoms. The molecule has 0 unspecified atom stereocenters. The lowest BCUT2D eigenvalue weighted by atomic mass is 10.1. The van der Waals surface area contributed by atoms with Crippen LogP contribution in [0, 0.1) is 13.8 Å². The number of thioether (sulfide) groups is 1. The first-order valence-electron chi connectivity index (χ1n) is 6.24. The van der Waals surface area contributed by atoms with E-state index in [-0.39, 0.29) is 5.84 Å². The zero-order chi connectivity index (χ0) is 14.5. The molecule has 0 saturated heterocycles. The zero-order valence-corrected chi connectivity index (χ0v) is 12.3. The average molecular weight is 287 g/mol. The Morgan fingerprint density at radius 2 is 2.00 bits per heavy atom. The highest BCUT2D eigenvalue weighted by atomic mass is 32.2. The third-order valence-electron chi connectivity index (χ3n) is 2.89. The van der Waals surface area contributed by atoms with Crippen molar-refractivity contribution < 1.29 is 5.21 Å². The molecule has 1 aromatic heterocycles. The number of rotatable bonds is 4. The van der Waals surface area contributed by atoms with Gasteiger partial charge in [0.2, 0.25) is 0 Å². The summed E-state index contributed by atoms with van der Waals surface area (Å²) in [7, 11) is 0. The lowest BCUT2D eigenvalue weighted by Crippen LogP contribution is -2.17. The van der Waals surface area contributed by atoms with Crippen molar-refractivity contribution in [2.75, 3.05) is 0 Å². The average Bonchev–Trinajstić information content (AvgIpc) is 2.45. The second kappa shape index (κ2) is 6.43. The summed E-state index contributed by atoms with van der Waals surface area (Å²) in [5.74, 6) is 0.896. The third-order valence-corrected chi connectivity index (χ3v) is 3.94. The molecular weight excluding hydrogens is 270 g/mol. The van der Waals surface area contributed by atoms with Gasteiger partial charge in [-0.15, -0.1) is 11.8 Å². The van der Waals surface area contributed by atoms with Crippen LogP contribution in [0.1, 0.15) is 22.4 Å². The molecular formula is C15H17N3OS. The van der Waals surface area contributed by atoms with Crippen molar-refractivity contribution in [3.8, 4) is 0 Å². The Morgan fingerprint density at radius 3 is 2.65 bits per heavy atom. The van der Waals surface area contributed by atoms with E-state index in [4.69, 9.17) is 10.9 Å². The molecule has 0 saturated carbocycles. The topological polar surface area (TPSA) is 71.5 Å². The molecule has 0 fully saturated rings. The van der Waals surface area contributed by atoms with Crippen molar-refractivity contribution in [2.45, 2.75) is 24.6 Å². The molecule has 1 aromatic carbocycles. The van der Waals surface area contributed by atoms with Crippen LogP contribution in [0.3, 0.4) is 0 Å². The van der Waals surface area contributed by atoms with E-state index in [2.05, 4.69) is 22.3 Å². The van der Waals surface area contributed by atoms with Gasteiger partial charge in [0.25, 0.3) is 0 Å². The van der Waals surface area contributed by atoms with Gasteiger partial charge in [-0.1, -0.05) is 35.5 Å². The SMILES string of the molecule is Cc1cc(C)c(C(N)=NO)c(SCc2ccccc2)n1. The van der Waals surface area contributed by atoms with E-state index < -0.39 is 0 Å². The van der Waals surface area contributed by atoms with Crippen LogP contribution in [0.4, 0.5) is 0 Å². The van der Waals surface area contributed by atoms with E-state index in [1.54, 1.807) is 11.8 Å². The molecule has 0 atom stereocenters. The molecule has 0 bridgehead atoms. The molecule has 1 heterocycles. The van der Waals surface area contributed by atoms with Gasteiger partial charge in [-0.25, -0.2) is 4.98 Å². The lowest BCUT2D eigenvalue weighted by molar-refractivity contribution is 0.318. The van der Waals surface area contributed by atoms with E-state index in [0.29, 0.717) is 5.56 Å². The van der Waals surface area contributed by atoms with E-state index in [0.717, 1.165) is 22.0 Å². The van der Waals surface area contributed by atoms with E-state index in [1.165, 1.54) is 5.56 Å². The molecule has 0 spiro atoms. The molecule has 0 radical (unpaired) electrons. The second-order valence-electron chi connectivity index (χ2n) is 4.52.